The van der Waals surface area contributed by atoms with Crippen LogP contribution in [0.4, 0.5) is 0 Å². The number of hydrogen-bond donors (Lipinski definition) is 1. The fraction of sp³-hybridized carbons (Fsp3) is 0.579. The predicted molar refractivity (Wildman–Crippen MR) is 93.7 cm³/mol. The molecule has 6 nitrogen and oxygen atoms in total. The monoisotopic (exact) mass is 349 g/mol. The second kappa shape index (κ2) is 8.85. The van der Waals surface area contributed by atoms with Crippen LogP contribution in [0.3, 0.4) is 0 Å². The lowest BCUT2D eigenvalue weighted by Gasteiger charge is -2.39. The number of hydrogen-bond acceptors (Lipinski definition) is 4. The molecule has 1 amide bonds. The first-order chi connectivity index (χ1) is 12.0. The largest absolute Gasteiger partial charge is 0.497 e. The Morgan fingerprint density at radius 3 is 2.56 bits per heavy atom. The number of benzene rings is 1. The molecular weight excluding hydrogens is 322 g/mol. The number of carbonyl (C=O) groups excluding carboxylic acids is 1. The van der Waals surface area contributed by atoms with Crippen molar-refractivity contribution in [3.8, 4) is 5.75 Å². The highest BCUT2D eigenvalue weighted by Gasteiger charge is 2.43. The average molecular weight is 349 g/mol. The van der Waals surface area contributed by atoms with Crippen LogP contribution in [0.2, 0.25) is 0 Å². The molecule has 1 unspecified atom stereocenters. The van der Waals surface area contributed by atoms with Crippen molar-refractivity contribution in [3.05, 3.63) is 29.8 Å². The Bertz CT molecular complexity index is 582. The Morgan fingerprint density at radius 2 is 1.96 bits per heavy atom. The topological polar surface area (TPSA) is 76.1 Å². The molecule has 1 N–H and O–H groups in total. The van der Waals surface area contributed by atoms with E-state index in [1.807, 2.05) is 24.3 Å². The molecule has 25 heavy (non-hydrogen) atoms. The molecular formula is C19H27NO5. The molecule has 1 atom stereocenters. The number of aryl methyl sites for hydroxylation is 1. The van der Waals surface area contributed by atoms with Crippen molar-refractivity contribution in [3.63, 3.8) is 0 Å². The molecule has 0 aromatic heterocycles. The van der Waals surface area contributed by atoms with Crippen molar-refractivity contribution >= 4 is 11.9 Å². The molecule has 2 rings (SSSR count). The zero-order valence-corrected chi connectivity index (χ0v) is 15.0. The molecule has 0 bridgehead atoms. The number of carboxylic acid groups (broad SMARTS) is 1. The molecule has 1 aromatic rings. The Kier molecular flexibility index (Phi) is 6.82. The van der Waals surface area contributed by atoms with E-state index < -0.39 is 11.4 Å². The first-order valence-corrected chi connectivity index (χ1v) is 8.64. The molecule has 0 radical (unpaired) electrons. The van der Waals surface area contributed by atoms with Gasteiger partial charge in [-0.05, 0) is 43.4 Å². The van der Waals surface area contributed by atoms with Crippen LogP contribution < -0.4 is 4.74 Å². The van der Waals surface area contributed by atoms with E-state index in [-0.39, 0.29) is 19.1 Å². The van der Waals surface area contributed by atoms with Gasteiger partial charge in [-0.25, -0.2) is 0 Å². The lowest BCUT2D eigenvalue weighted by atomic mass is 9.80. The normalized spacial score (nSPS) is 20.3. The zero-order valence-electron chi connectivity index (χ0n) is 15.0. The van der Waals surface area contributed by atoms with Gasteiger partial charge in [0.25, 0.3) is 0 Å². The average Bonchev–Trinajstić information content (AvgIpc) is 2.62. The fourth-order valence-corrected chi connectivity index (χ4v) is 3.37. The minimum absolute atomic E-state index is 0.0231. The number of amides is 1. The predicted octanol–water partition coefficient (Wildman–Crippen LogP) is 2.36. The number of nitrogens with zero attached hydrogens (tertiary/aromatic N) is 1. The molecule has 138 valence electrons. The molecule has 0 spiro atoms. The fourth-order valence-electron chi connectivity index (χ4n) is 3.37. The number of ether oxygens (including phenoxy) is 2. The summed E-state index contributed by atoms with van der Waals surface area (Å²) in [7, 11) is 3.13. The number of carbonyl (C=O) groups is 2. The van der Waals surface area contributed by atoms with E-state index in [1.165, 1.54) is 7.11 Å². The minimum atomic E-state index is -0.974. The third-order valence-electron chi connectivity index (χ3n) is 4.82. The van der Waals surface area contributed by atoms with Gasteiger partial charge in [-0.15, -0.1) is 0 Å². The van der Waals surface area contributed by atoms with Gasteiger partial charge >= 0.3 is 5.97 Å². The van der Waals surface area contributed by atoms with Gasteiger partial charge in [0.15, 0.2) is 0 Å². The number of likely N-dealkylation sites (tertiary alicyclic amines) is 1. The quantitative estimate of drug-likeness (QED) is 0.780. The van der Waals surface area contributed by atoms with Crippen LogP contribution in [0, 0.1) is 5.41 Å². The van der Waals surface area contributed by atoms with Crippen molar-refractivity contribution in [1.82, 2.24) is 4.90 Å². The van der Waals surface area contributed by atoms with E-state index in [0.29, 0.717) is 25.8 Å². The van der Waals surface area contributed by atoms with E-state index in [0.717, 1.165) is 24.2 Å². The van der Waals surface area contributed by atoms with Crippen molar-refractivity contribution < 1.29 is 24.2 Å². The maximum Gasteiger partial charge on any atom is 0.313 e. The van der Waals surface area contributed by atoms with Crippen LogP contribution in [0.1, 0.15) is 31.2 Å². The Labute approximate surface area is 148 Å². The molecule has 1 aliphatic heterocycles. The minimum Gasteiger partial charge on any atom is -0.497 e. The smallest absolute Gasteiger partial charge is 0.313 e. The van der Waals surface area contributed by atoms with E-state index in [4.69, 9.17) is 9.47 Å². The molecule has 1 saturated heterocycles. The number of methoxy groups -OCH3 is 2. The van der Waals surface area contributed by atoms with E-state index in [9.17, 15) is 14.7 Å². The summed E-state index contributed by atoms with van der Waals surface area (Å²) in [6, 6.07) is 7.82. The third kappa shape index (κ3) is 4.95. The summed E-state index contributed by atoms with van der Waals surface area (Å²) in [4.78, 5) is 25.8. The van der Waals surface area contributed by atoms with Gasteiger partial charge < -0.3 is 19.5 Å². The van der Waals surface area contributed by atoms with Crippen LogP contribution in [0.5, 0.6) is 5.75 Å². The summed E-state index contributed by atoms with van der Waals surface area (Å²) in [6.45, 7) is 0.996. The van der Waals surface area contributed by atoms with Gasteiger partial charge in [0, 0.05) is 26.6 Å². The van der Waals surface area contributed by atoms with E-state index >= 15 is 0 Å². The van der Waals surface area contributed by atoms with Crippen molar-refractivity contribution in [2.24, 2.45) is 5.41 Å². The van der Waals surface area contributed by atoms with Gasteiger partial charge in [0.2, 0.25) is 5.91 Å². The van der Waals surface area contributed by atoms with Crippen LogP contribution in [0.25, 0.3) is 0 Å². The Balaban J connectivity index is 1.86. The van der Waals surface area contributed by atoms with Crippen molar-refractivity contribution in [2.45, 2.75) is 32.1 Å². The van der Waals surface area contributed by atoms with Crippen LogP contribution in [0.15, 0.2) is 24.3 Å². The second-order valence-electron chi connectivity index (χ2n) is 6.64. The third-order valence-corrected chi connectivity index (χ3v) is 4.82. The molecule has 0 saturated carbocycles. The second-order valence-corrected chi connectivity index (χ2v) is 6.64. The van der Waals surface area contributed by atoms with Gasteiger partial charge in [0.1, 0.15) is 11.2 Å². The summed E-state index contributed by atoms with van der Waals surface area (Å²) < 4.78 is 10.2. The SMILES string of the molecule is COCC1(C(=O)O)CCCN(C(=O)CCCc2ccc(OC)cc2)C1. The number of rotatable bonds is 8. The summed E-state index contributed by atoms with van der Waals surface area (Å²) in [5.41, 5.74) is 0.185. The molecule has 1 aliphatic rings. The summed E-state index contributed by atoms with van der Waals surface area (Å²) >= 11 is 0. The summed E-state index contributed by atoms with van der Waals surface area (Å²) in [6.07, 6.45) is 3.22. The van der Waals surface area contributed by atoms with Gasteiger partial charge in [-0.3, -0.25) is 9.59 Å². The first-order valence-electron chi connectivity index (χ1n) is 8.64. The standard InChI is InChI=1S/C19H27NO5/c1-24-14-19(18(22)23)11-4-12-20(13-19)17(21)6-3-5-15-7-9-16(25-2)10-8-15/h7-10H,3-6,11-14H2,1-2H3,(H,22,23). The lowest BCUT2D eigenvalue weighted by molar-refractivity contribution is -0.159. The number of piperidine rings is 1. The Morgan fingerprint density at radius 1 is 1.24 bits per heavy atom. The maximum absolute atomic E-state index is 12.5. The summed E-state index contributed by atoms with van der Waals surface area (Å²) in [5, 5.41) is 9.56. The van der Waals surface area contributed by atoms with E-state index in [1.54, 1.807) is 12.0 Å². The number of aliphatic carboxylic acids is 1. The van der Waals surface area contributed by atoms with Crippen LogP contribution in [-0.2, 0) is 20.7 Å². The highest BCUT2D eigenvalue weighted by molar-refractivity contribution is 5.79. The lowest BCUT2D eigenvalue weighted by Crippen LogP contribution is -2.52. The molecule has 6 heteroatoms. The first kappa shape index (κ1) is 19.2. The molecule has 0 aliphatic carbocycles. The highest BCUT2D eigenvalue weighted by atomic mass is 16.5. The van der Waals surface area contributed by atoms with Gasteiger partial charge in [-0.2, -0.15) is 0 Å². The highest BCUT2D eigenvalue weighted by Crippen LogP contribution is 2.31. The van der Waals surface area contributed by atoms with Crippen LogP contribution >= 0.6 is 0 Å². The Hall–Kier alpha value is -2.08. The summed E-state index contributed by atoms with van der Waals surface area (Å²) in [5.74, 6) is -0.0451. The maximum atomic E-state index is 12.5. The molecule has 1 heterocycles. The van der Waals surface area contributed by atoms with Crippen LogP contribution in [-0.4, -0.2) is 55.8 Å². The van der Waals surface area contributed by atoms with Gasteiger partial charge in [0.05, 0.1) is 13.7 Å². The van der Waals surface area contributed by atoms with Crippen molar-refractivity contribution in [1.29, 1.82) is 0 Å². The van der Waals surface area contributed by atoms with Gasteiger partial charge in [-0.1, -0.05) is 12.1 Å². The van der Waals surface area contributed by atoms with Crippen molar-refractivity contribution in [2.75, 3.05) is 33.9 Å². The van der Waals surface area contributed by atoms with E-state index in [2.05, 4.69) is 0 Å². The zero-order chi connectivity index (χ0) is 18.3. The molecule has 1 fully saturated rings. The number of carboxylic acids is 1. The molecule has 1 aromatic carbocycles.